The van der Waals surface area contributed by atoms with Gasteiger partial charge in [0.1, 0.15) is 11.8 Å². The summed E-state index contributed by atoms with van der Waals surface area (Å²) in [6, 6.07) is 0. The van der Waals surface area contributed by atoms with Gasteiger partial charge in [-0.1, -0.05) is 25.4 Å². The second kappa shape index (κ2) is 7.43. The molecule has 0 radical (unpaired) electrons. The highest BCUT2D eigenvalue weighted by molar-refractivity contribution is 6.44. The summed E-state index contributed by atoms with van der Waals surface area (Å²) in [5.74, 6) is -4.34. The Hall–Kier alpha value is -1.64. The van der Waals surface area contributed by atoms with Crippen LogP contribution in [0.5, 0.6) is 0 Å². The van der Waals surface area contributed by atoms with Crippen LogP contribution in [-0.4, -0.2) is 57.9 Å². The van der Waals surface area contributed by atoms with Crippen molar-refractivity contribution >= 4 is 29.1 Å². The zero-order valence-corrected chi connectivity index (χ0v) is 19.8. The van der Waals surface area contributed by atoms with Crippen molar-refractivity contribution in [3.8, 4) is 0 Å². The number of allylic oxidation sites excluding steroid dienone is 4. The molecule has 3 fully saturated rings. The molecule has 182 valence electrons. The van der Waals surface area contributed by atoms with E-state index < -0.39 is 76.3 Å². The molecule has 0 spiro atoms. The van der Waals surface area contributed by atoms with Crippen molar-refractivity contribution in [1.29, 1.82) is 0 Å². The lowest BCUT2D eigenvalue weighted by Gasteiger charge is -2.63. The topological polar surface area (TPSA) is 101 Å². The summed E-state index contributed by atoms with van der Waals surface area (Å²) in [6.07, 6.45) is -1.43. The number of rotatable bonds is 3. The number of alkyl halides is 2. The molecule has 0 aromatic heterocycles. The molecule has 2 N–H and O–H groups in total. The van der Waals surface area contributed by atoms with E-state index in [4.69, 9.17) is 16.3 Å². The van der Waals surface area contributed by atoms with Crippen LogP contribution >= 0.6 is 11.6 Å². The molecule has 0 saturated heterocycles. The Morgan fingerprint density at radius 2 is 1.91 bits per heavy atom. The zero-order valence-electron chi connectivity index (χ0n) is 19.0. The van der Waals surface area contributed by atoms with Gasteiger partial charge < -0.3 is 14.9 Å². The van der Waals surface area contributed by atoms with Gasteiger partial charge in [-0.05, 0) is 55.7 Å². The maximum atomic E-state index is 17.1. The Kier molecular flexibility index (Phi) is 5.51. The molecule has 0 bridgehead atoms. The average Bonchev–Trinajstić information content (AvgIpc) is 2.92. The molecule has 0 heterocycles. The maximum absolute atomic E-state index is 17.1. The summed E-state index contributed by atoms with van der Waals surface area (Å²) in [5.41, 5.74) is -7.35. The van der Waals surface area contributed by atoms with Gasteiger partial charge in [0.25, 0.3) is 0 Å². The van der Waals surface area contributed by atoms with Gasteiger partial charge >= 0.3 is 5.97 Å². The smallest absolute Gasteiger partial charge is 0.303 e. The normalized spacial score (nSPS) is 48.8. The summed E-state index contributed by atoms with van der Waals surface area (Å²) in [7, 11) is 0. The molecule has 4 aliphatic rings. The minimum absolute atomic E-state index is 0.0504. The highest BCUT2D eigenvalue weighted by Gasteiger charge is 2.76. The molecule has 0 amide bonds. The number of aliphatic hydroxyl groups is 2. The van der Waals surface area contributed by atoms with Crippen LogP contribution in [0.25, 0.3) is 0 Å². The number of hydrogen-bond donors (Lipinski definition) is 2. The first-order chi connectivity index (χ1) is 15.1. The molecule has 3 saturated carbocycles. The molecule has 4 rings (SSSR count). The highest BCUT2D eigenvalue weighted by Crippen LogP contribution is 2.71. The zero-order chi connectivity index (χ0) is 24.7. The molecule has 4 aliphatic carbocycles. The average molecular weight is 487 g/mol. The SMILES string of the molecule is CC(=O)OCC(=O)[C@@]1(O)[C@H](C)C[C@H]2[C@@H]3C[C@H](F)C4=CC(=O)C(Cl)=C[C@]4(C)C3(F)[C@@H](O)C[C@@]21C. The first-order valence-electron chi connectivity index (χ1n) is 11.2. The van der Waals surface area contributed by atoms with Crippen molar-refractivity contribution in [2.24, 2.45) is 28.6 Å². The Morgan fingerprint density at radius 3 is 2.52 bits per heavy atom. The largest absolute Gasteiger partial charge is 0.458 e. The number of ether oxygens (including phenoxy) is 1. The van der Waals surface area contributed by atoms with Crippen molar-refractivity contribution in [3.63, 3.8) is 0 Å². The Morgan fingerprint density at radius 1 is 1.27 bits per heavy atom. The van der Waals surface area contributed by atoms with Gasteiger partial charge in [0.15, 0.2) is 18.1 Å². The van der Waals surface area contributed by atoms with Crippen LogP contribution in [0.2, 0.25) is 0 Å². The van der Waals surface area contributed by atoms with E-state index in [9.17, 15) is 24.6 Å². The van der Waals surface area contributed by atoms with Crippen LogP contribution in [0.15, 0.2) is 22.8 Å². The summed E-state index contributed by atoms with van der Waals surface area (Å²) in [4.78, 5) is 36.4. The van der Waals surface area contributed by atoms with Gasteiger partial charge in [-0.15, -0.1) is 0 Å². The van der Waals surface area contributed by atoms with Crippen molar-refractivity contribution in [2.45, 2.75) is 70.5 Å². The lowest BCUT2D eigenvalue weighted by molar-refractivity contribution is -0.224. The number of Topliss-reactive ketones (excluding diaryl/α,β-unsaturated/α-hetero) is 1. The molecule has 33 heavy (non-hydrogen) atoms. The lowest BCUT2D eigenvalue weighted by atomic mass is 9.44. The number of fused-ring (bicyclic) bond motifs is 5. The first kappa shape index (κ1) is 24.5. The van der Waals surface area contributed by atoms with Crippen molar-refractivity contribution < 1.29 is 38.1 Å². The third-order valence-corrected chi connectivity index (χ3v) is 9.40. The minimum Gasteiger partial charge on any atom is -0.458 e. The van der Waals surface area contributed by atoms with E-state index in [0.717, 1.165) is 13.0 Å². The Bertz CT molecular complexity index is 995. The molecular weight excluding hydrogens is 458 g/mol. The number of aliphatic hydroxyl groups excluding tert-OH is 1. The second-order valence-corrected chi connectivity index (χ2v) is 11.0. The fourth-order valence-corrected chi connectivity index (χ4v) is 7.74. The van der Waals surface area contributed by atoms with Gasteiger partial charge in [0.2, 0.25) is 5.78 Å². The highest BCUT2D eigenvalue weighted by atomic mass is 35.5. The van der Waals surface area contributed by atoms with E-state index in [1.807, 2.05) is 0 Å². The van der Waals surface area contributed by atoms with E-state index in [2.05, 4.69) is 0 Å². The van der Waals surface area contributed by atoms with Crippen molar-refractivity contribution in [2.75, 3.05) is 6.61 Å². The van der Waals surface area contributed by atoms with Crippen LogP contribution in [0.3, 0.4) is 0 Å². The number of carbonyl (C=O) groups is 3. The predicted molar refractivity (Wildman–Crippen MR) is 115 cm³/mol. The lowest BCUT2D eigenvalue weighted by Crippen LogP contribution is -2.70. The van der Waals surface area contributed by atoms with E-state index in [-0.39, 0.29) is 29.9 Å². The number of ketones is 2. The third-order valence-electron chi connectivity index (χ3n) is 9.10. The number of carbonyl (C=O) groups excluding carboxylic acids is 3. The van der Waals surface area contributed by atoms with E-state index >= 15 is 8.78 Å². The molecule has 0 aromatic rings. The van der Waals surface area contributed by atoms with E-state index in [1.165, 1.54) is 13.0 Å². The van der Waals surface area contributed by atoms with Gasteiger partial charge in [0.05, 0.1) is 11.1 Å². The summed E-state index contributed by atoms with van der Waals surface area (Å²) in [5, 5.41) is 22.7. The van der Waals surface area contributed by atoms with Crippen LogP contribution < -0.4 is 0 Å². The predicted octanol–water partition coefficient (Wildman–Crippen LogP) is 2.98. The quantitative estimate of drug-likeness (QED) is 0.595. The van der Waals surface area contributed by atoms with Gasteiger partial charge in [-0.25, -0.2) is 8.78 Å². The molecule has 9 atom stereocenters. The molecule has 1 unspecified atom stereocenters. The number of hydrogen-bond acceptors (Lipinski definition) is 6. The fraction of sp³-hybridized carbons (Fsp3) is 0.708. The molecule has 0 aromatic carbocycles. The molecule has 0 aliphatic heterocycles. The number of esters is 1. The first-order valence-corrected chi connectivity index (χ1v) is 11.6. The Balaban J connectivity index is 1.81. The Labute approximate surface area is 196 Å². The van der Waals surface area contributed by atoms with E-state index in [1.54, 1.807) is 13.8 Å². The molecule has 6 nitrogen and oxygen atoms in total. The number of halogens is 3. The van der Waals surface area contributed by atoms with Crippen LogP contribution in [0.1, 0.15) is 47.0 Å². The van der Waals surface area contributed by atoms with Gasteiger partial charge in [0, 0.05) is 23.7 Å². The van der Waals surface area contributed by atoms with Gasteiger partial charge in [-0.3, -0.25) is 14.4 Å². The summed E-state index contributed by atoms with van der Waals surface area (Å²) >= 11 is 6.04. The third kappa shape index (κ3) is 2.93. The van der Waals surface area contributed by atoms with Crippen molar-refractivity contribution in [1.82, 2.24) is 0 Å². The monoisotopic (exact) mass is 486 g/mol. The van der Waals surface area contributed by atoms with Crippen LogP contribution in [0.4, 0.5) is 8.78 Å². The van der Waals surface area contributed by atoms with Crippen LogP contribution in [0, 0.1) is 28.6 Å². The van der Waals surface area contributed by atoms with Gasteiger partial charge in [-0.2, -0.15) is 0 Å². The summed E-state index contributed by atoms with van der Waals surface area (Å²) < 4.78 is 37.4. The van der Waals surface area contributed by atoms with Crippen LogP contribution in [-0.2, 0) is 19.1 Å². The maximum Gasteiger partial charge on any atom is 0.303 e. The molecular formula is C24H29ClF2O6. The standard InChI is InChI=1S/C24H29ClF2O6/c1-11-5-13-14-6-17(26)15-7-18(29)16(25)8-21(15,3)23(14,27)19(30)9-22(13,4)24(11,32)20(31)10-33-12(2)28/h7-8,11,13-14,17,19,30,32H,5-6,9-10H2,1-4H3/t11-,13+,14+,17+,19+,21+,22+,23?,24+/m1/s1. The summed E-state index contributed by atoms with van der Waals surface area (Å²) in [6.45, 7) is 5.21. The minimum atomic E-state index is -2.36. The molecule has 9 heteroatoms. The second-order valence-electron chi connectivity index (χ2n) is 10.6. The van der Waals surface area contributed by atoms with Crippen molar-refractivity contribution in [3.05, 3.63) is 22.8 Å². The van der Waals surface area contributed by atoms with E-state index in [0.29, 0.717) is 0 Å². The fourth-order valence-electron chi connectivity index (χ4n) is 7.47.